The molecule has 1 fully saturated rings. The van der Waals surface area contributed by atoms with Crippen LogP contribution in [0.2, 0.25) is 0 Å². The van der Waals surface area contributed by atoms with Crippen LogP contribution < -0.4 is 5.32 Å². The minimum Gasteiger partial charge on any atom is -0.359 e. The Morgan fingerprint density at radius 3 is 2.84 bits per heavy atom. The molecule has 1 N–H and O–H groups in total. The van der Waals surface area contributed by atoms with Crippen LogP contribution in [-0.2, 0) is 11.2 Å². The summed E-state index contributed by atoms with van der Waals surface area (Å²) in [4.78, 5) is 31.1. The fourth-order valence-electron chi connectivity index (χ4n) is 3.00. The van der Waals surface area contributed by atoms with Crippen LogP contribution in [0.1, 0.15) is 33.1 Å². The van der Waals surface area contributed by atoms with E-state index in [0.29, 0.717) is 24.4 Å². The van der Waals surface area contributed by atoms with E-state index < -0.39 is 0 Å². The minimum absolute atomic E-state index is 0.0150. The molecule has 1 atom stereocenters. The van der Waals surface area contributed by atoms with Crippen LogP contribution in [0, 0.1) is 11.7 Å². The van der Waals surface area contributed by atoms with Gasteiger partial charge in [0.2, 0.25) is 5.91 Å². The summed E-state index contributed by atoms with van der Waals surface area (Å²) in [6.07, 6.45) is 3.79. The number of benzene rings is 1. The Morgan fingerprint density at radius 1 is 1.36 bits per heavy atom. The first-order chi connectivity index (χ1) is 12.1. The molecule has 1 aliphatic heterocycles. The highest BCUT2D eigenvalue weighted by Crippen LogP contribution is 2.23. The number of likely N-dealkylation sites (tertiary alicyclic amines) is 1. The second kappa shape index (κ2) is 7.74. The van der Waals surface area contributed by atoms with Gasteiger partial charge in [0.25, 0.3) is 5.91 Å². The molecule has 1 saturated heterocycles. The molecule has 3 rings (SSSR count). The van der Waals surface area contributed by atoms with E-state index >= 15 is 0 Å². The number of hydrogen-bond acceptors (Lipinski definition) is 4. The van der Waals surface area contributed by atoms with Gasteiger partial charge in [0.05, 0.1) is 17.1 Å². The van der Waals surface area contributed by atoms with Crippen LogP contribution in [0.25, 0.3) is 0 Å². The zero-order chi connectivity index (χ0) is 17.8. The number of carbonyl (C=O) groups is 2. The predicted octanol–water partition coefficient (Wildman–Crippen LogP) is 2.47. The van der Waals surface area contributed by atoms with Gasteiger partial charge in [0, 0.05) is 26.6 Å². The van der Waals surface area contributed by atoms with Crippen molar-refractivity contribution >= 4 is 23.2 Å². The first-order valence-electron chi connectivity index (χ1n) is 8.27. The maximum Gasteiger partial charge on any atom is 0.265 e. The SMILES string of the molecule is CNC(=O)C1CCCN(C(=O)c2cnc(Cc3ccc(F)cc3)s2)C1. The van der Waals surface area contributed by atoms with Crippen molar-refractivity contribution in [2.75, 3.05) is 20.1 Å². The van der Waals surface area contributed by atoms with Gasteiger partial charge in [0.1, 0.15) is 10.7 Å². The number of rotatable bonds is 4. The summed E-state index contributed by atoms with van der Waals surface area (Å²) in [5.74, 6) is -0.501. The fraction of sp³-hybridized carbons (Fsp3) is 0.389. The number of thiazole rings is 1. The highest BCUT2D eigenvalue weighted by Gasteiger charge is 2.29. The third-order valence-corrected chi connectivity index (χ3v) is 5.34. The lowest BCUT2D eigenvalue weighted by Crippen LogP contribution is -2.44. The zero-order valence-corrected chi connectivity index (χ0v) is 14.8. The molecule has 1 unspecified atom stereocenters. The normalized spacial score (nSPS) is 17.4. The summed E-state index contributed by atoms with van der Waals surface area (Å²) in [6, 6.07) is 6.27. The van der Waals surface area contributed by atoms with Crippen molar-refractivity contribution in [1.29, 1.82) is 0 Å². The lowest BCUT2D eigenvalue weighted by Gasteiger charge is -2.31. The van der Waals surface area contributed by atoms with Gasteiger partial charge in [-0.05, 0) is 30.5 Å². The van der Waals surface area contributed by atoms with Crippen LogP contribution >= 0.6 is 11.3 Å². The number of amides is 2. The van der Waals surface area contributed by atoms with Crippen LogP contribution in [0.15, 0.2) is 30.5 Å². The molecule has 0 aliphatic carbocycles. The first-order valence-corrected chi connectivity index (χ1v) is 9.08. The molecule has 0 saturated carbocycles. The maximum atomic E-state index is 13.0. The molecule has 0 spiro atoms. The Morgan fingerprint density at radius 2 is 2.12 bits per heavy atom. The second-order valence-corrected chi connectivity index (χ2v) is 7.24. The minimum atomic E-state index is -0.269. The highest BCUT2D eigenvalue weighted by molar-refractivity contribution is 7.13. The molecule has 5 nitrogen and oxygen atoms in total. The van der Waals surface area contributed by atoms with Crippen molar-refractivity contribution in [2.45, 2.75) is 19.3 Å². The smallest absolute Gasteiger partial charge is 0.265 e. The van der Waals surface area contributed by atoms with E-state index in [1.54, 1.807) is 30.3 Å². The third-order valence-electron chi connectivity index (χ3n) is 4.36. The molecule has 0 radical (unpaired) electrons. The van der Waals surface area contributed by atoms with Gasteiger partial charge in [-0.15, -0.1) is 11.3 Å². The number of hydrogen-bond donors (Lipinski definition) is 1. The standard InChI is InChI=1S/C18H20FN3O2S/c1-20-17(23)13-3-2-8-22(11-13)18(24)15-10-21-16(25-15)9-12-4-6-14(19)7-5-12/h4-7,10,13H,2-3,8-9,11H2,1H3,(H,20,23). The quantitative estimate of drug-likeness (QED) is 0.910. The van der Waals surface area contributed by atoms with Crippen LogP contribution in [0.5, 0.6) is 0 Å². The van der Waals surface area contributed by atoms with Crippen molar-refractivity contribution in [3.8, 4) is 0 Å². The Balaban J connectivity index is 1.65. The van der Waals surface area contributed by atoms with Crippen LogP contribution in [0.3, 0.4) is 0 Å². The van der Waals surface area contributed by atoms with Crippen molar-refractivity contribution in [2.24, 2.45) is 5.92 Å². The lowest BCUT2D eigenvalue weighted by atomic mass is 9.97. The van der Waals surface area contributed by atoms with Crippen LogP contribution in [0.4, 0.5) is 4.39 Å². The molecule has 2 heterocycles. The Labute approximate surface area is 149 Å². The molecule has 1 aromatic carbocycles. The second-order valence-electron chi connectivity index (χ2n) is 6.13. The van der Waals surface area contributed by atoms with Crippen LogP contribution in [-0.4, -0.2) is 41.8 Å². The van der Waals surface area contributed by atoms with E-state index in [0.717, 1.165) is 23.4 Å². The van der Waals surface area contributed by atoms with Crippen molar-refractivity contribution < 1.29 is 14.0 Å². The number of nitrogens with zero attached hydrogens (tertiary/aromatic N) is 2. The number of piperidine rings is 1. The summed E-state index contributed by atoms with van der Waals surface area (Å²) in [5.41, 5.74) is 0.951. The monoisotopic (exact) mass is 361 g/mol. The van der Waals surface area contributed by atoms with Gasteiger partial charge in [-0.2, -0.15) is 0 Å². The van der Waals surface area contributed by atoms with Gasteiger partial charge in [-0.1, -0.05) is 12.1 Å². The first kappa shape index (κ1) is 17.5. The van der Waals surface area contributed by atoms with Gasteiger partial charge in [-0.3, -0.25) is 9.59 Å². The molecule has 7 heteroatoms. The highest BCUT2D eigenvalue weighted by atomic mass is 32.1. The number of halogens is 1. The molecule has 132 valence electrons. The van der Waals surface area contributed by atoms with Gasteiger partial charge < -0.3 is 10.2 Å². The molecule has 1 aliphatic rings. The fourth-order valence-corrected chi connectivity index (χ4v) is 3.92. The molecular weight excluding hydrogens is 341 g/mol. The van der Waals surface area contributed by atoms with E-state index in [1.165, 1.54) is 23.5 Å². The molecule has 0 bridgehead atoms. The summed E-state index contributed by atoms with van der Waals surface area (Å²) < 4.78 is 13.0. The average Bonchev–Trinajstić information content (AvgIpc) is 3.11. The summed E-state index contributed by atoms with van der Waals surface area (Å²) in [7, 11) is 1.62. The molecule has 1 aromatic heterocycles. The van der Waals surface area contributed by atoms with E-state index in [4.69, 9.17) is 0 Å². The van der Waals surface area contributed by atoms with E-state index in [-0.39, 0.29) is 23.5 Å². The van der Waals surface area contributed by atoms with Crippen molar-refractivity contribution in [3.63, 3.8) is 0 Å². The Hall–Kier alpha value is -2.28. The number of aromatic nitrogens is 1. The number of carbonyl (C=O) groups excluding carboxylic acids is 2. The van der Waals surface area contributed by atoms with E-state index in [1.807, 2.05) is 0 Å². The summed E-state index contributed by atoms with van der Waals surface area (Å²) >= 11 is 1.35. The summed E-state index contributed by atoms with van der Waals surface area (Å²) in [5, 5.41) is 3.47. The van der Waals surface area contributed by atoms with Gasteiger partial charge >= 0.3 is 0 Å². The maximum absolute atomic E-state index is 13.0. The molecule has 2 aromatic rings. The molecule has 25 heavy (non-hydrogen) atoms. The predicted molar refractivity (Wildman–Crippen MR) is 94.0 cm³/mol. The number of nitrogens with one attached hydrogen (secondary N) is 1. The lowest BCUT2D eigenvalue weighted by molar-refractivity contribution is -0.125. The Kier molecular flexibility index (Phi) is 5.43. The molecule has 2 amide bonds. The zero-order valence-electron chi connectivity index (χ0n) is 14.0. The largest absolute Gasteiger partial charge is 0.359 e. The Bertz CT molecular complexity index is 760. The van der Waals surface area contributed by atoms with Gasteiger partial charge in [-0.25, -0.2) is 9.37 Å². The van der Waals surface area contributed by atoms with Gasteiger partial charge in [0.15, 0.2) is 0 Å². The van der Waals surface area contributed by atoms with E-state index in [9.17, 15) is 14.0 Å². The average molecular weight is 361 g/mol. The molecular formula is C18H20FN3O2S. The van der Waals surface area contributed by atoms with Crippen molar-refractivity contribution in [1.82, 2.24) is 15.2 Å². The summed E-state index contributed by atoms with van der Waals surface area (Å²) in [6.45, 7) is 1.11. The van der Waals surface area contributed by atoms with E-state index in [2.05, 4.69) is 10.3 Å². The third kappa shape index (κ3) is 4.22. The topological polar surface area (TPSA) is 62.3 Å². The van der Waals surface area contributed by atoms with Crippen molar-refractivity contribution in [3.05, 3.63) is 51.7 Å².